The molecule has 0 atom stereocenters. The van der Waals surface area contributed by atoms with E-state index in [-0.39, 0.29) is 16.4 Å². The fourth-order valence-corrected chi connectivity index (χ4v) is 3.89. The molecule has 3 rings (SSSR count). The lowest BCUT2D eigenvalue weighted by molar-refractivity contribution is 0.102. The van der Waals surface area contributed by atoms with E-state index in [0.29, 0.717) is 17.3 Å². The van der Waals surface area contributed by atoms with Crippen LogP contribution >= 0.6 is 0 Å². The van der Waals surface area contributed by atoms with Gasteiger partial charge in [-0.25, -0.2) is 13.6 Å². The number of benzene rings is 2. The molecule has 4 N–H and O–H groups in total. The molecule has 0 aliphatic heterocycles. The zero-order valence-corrected chi connectivity index (χ0v) is 16.2. The van der Waals surface area contributed by atoms with Crippen molar-refractivity contribution in [1.82, 2.24) is 0 Å². The van der Waals surface area contributed by atoms with Gasteiger partial charge in [-0.2, -0.15) is 0 Å². The second-order valence-electron chi connectivity index (χ2n) is 7.03. The lowest BCUT2D eigenvalue weighted by atomic mass is 9.95. The molecule has 1 amide bonds. The fraction of sp³-hybridized carbons (Fsp3) is 0.350. The molecule has 1 aliphatic carbocycles. The predicted octanol–water partition coefficient (Wildman–Crippen LogP) is 3.64. The Morgan fingerprint density at radius 3 is 2.26 bits per heavy atom. The number of carbonyl (C=O) groups excluding carboxylic acids is 1. The fourth-order valence-electron chi connectivity index (χ4n) is 3.35. The monoisotopic (exact) mass is 387 g/mol. The lowest BCUT2D eigenvalue weighted by Gasteiger charge is -2.23. The van der Waals surface area contributed by atoms with Gasteiger partial charge in [0.25, 0.3) is 5.91 Å². The summed E-state index contributed by atoms with van der Waals surface area (Å²) in [7, 11) is -3.86. The van der Waals surface area contributed by atoms with E-state index in [1.54, 1.807) is 13.0 Å². The maximum absolute atomic E-state index is 12.6. The van der Waals surface area contributed by atoms with Gasteiger partial charge >= 0.3 is 0 Å². The van der Waals surface area contributed by atoms with Crippen molar-refractivity contribution < 1.29 is 13.2 Å². The summed E-state index contributed by atoms with van der Waals surface area (Å²) < 4.78 is 23.0. The van der Waals surface area contributed by atoms with E-state index in [1.807, 2.05) is 24.3 Å². The Balaban J connectivity index is 1.69. The number of anilines is 2. The molecule has 0 radical (unpaired) electrons. The zero-order chi connectivity index (χ0) is 19.4. The predicted molar refractivity (Wildman–Crippen MR) is 107 cm³/mol. The second kappa shape index (κ2) is 8.10. The van der Waals surface area contributed by atoms with Gasteiger partial charge in [-0.1, -0.05) is 25.3 Å². The van der Waals surface area contributed by atoms with Crippen molar-refractivity contribution in [3.63, 3.8) is 0 Å². The van der Waals surface area contributed by atoms with E-state index in [0.717, 1.165) is 5.69 Å². The van der Waals surface area contributed by atoms with Gasteiger partial charge in [0.1, 0.15) is 0 Å². The number of rotatable bonds is 5. The standard InChI is InChI=1S/C20H25N3O3S/c1-14-7-12-18(27(21,25)26)13-19(14)20(24)23-17-10-8-16(9-11-17)22-15-5-3-2-4-6-15/h7-13,15,22H,2-6H2,1H3,(H,23,24)(H2,21,25,26). The van der Waals surface area contributed by atoms with E-state index < -0.39 is 10.0 Å². The maximum atomic E-state index is 12.6. The molecule has 0 aromatic heterocycles. The number of hydrogen-bond acceptors (Lipinski definition) is 4. The first-order valence-electron chi connectivity index (χ1n) is 9.14. The van der Waals surface area contributed by atoms with E-state index in [9.17, 15) is 13.2 Å². The molecule has 2 aromatic rings. The Hall–Kier alpha value is -2.38. The van der Waals surface area contributed by atoms with Crippen LogP contribution in [0, 0.1) is 6.92 Å². The minimum absolute atomic E-state index is 0.0784. The highest BCUT2D eigenvalue weighted by atomic mass is 32.2. The lowest BCUT2D eigenvalue weighted by Crippen LogP contribution is -2.22. The SMILES string of the molecule is Cc1ccc(S(N)(=O)=O)cc1C(=O)Nc1ccc(NC2CCCCC2)cc1. The first-order valence-corrected chi connectivity index (χ1v) is 10.7. The average Bonchev–Trinajstić information content (AvgIpc) is 2.63. The van der Waals surface area contributed by atoms with Crippen LogP contribution in [0.3, 0.4) is 0 Å². The van der Waals surface area contributed by atoms with E-state index >= 15 is 0 Å². The van der Waals surface area contributed by atoms with Gasteiger partial charge in [0.15, 0.2) is 0 Å². The number of hydrogen-bond donors (Lipinski definition) is 3. The van der Waals surface area contributed by atoms with Crippen LogP contribution < -0.4 is 15.8 Å². The molecule has 0 bridgehead atoms. The third-order valence-corrected chi connectivity index (χ3v) is 5.81. The van der Waals surface area contributed by atoms with Gasteiger partial charge in [0, 0.05) is 23.0 Å². The molecule has 1 aliphatic rings. The Kier molecular flexibility index (Phi) is 5.82. The molecular formula is C20H25N3O3S. The molecule has 2 aromatic carbocycles. The summed E-state index contributed by atoms with van der Waals surface area (Å²) >= 11 is 0. The number of amides is 1. The van der Waals surface area contributed by atoms with Crippen LogP contribution in [-0.4, -0.2) is 20.4 Å². The quantitative estimate of drug-likeness (QED) is 0.729. The Morgan fingerprint density at radius 2 is 1.63 bits per heavy atom. The summed E-state index contributed by atoms with van der Waals surface area (Å²) in [5, 5.41) is 11.5. The van der Waals surface area contributed by atoms with Crippen molar-refractivity contribution in [1.29, 1.82) is 0 Å². The van der Waals surface area contributed by atoms with Gasteiger partial charge in [-0.15, -0.1) is 0 Å². The molecule has 0 heterocycles. The van der Waals surface area contributed by atoms with Crippen LogP contribution in [0.15, 0.2) is 47.4 Å². The van der Waals surface area contributed by atoms with Crippen LogP contribution in [0.25, 0.3) is 0 Å². The van der Waals surface area contributed by atoms with Crippen molar-refractivity contribution in [3.05, 3.63) is 53.6 Å². The van der Waals surface area contributed by atoms with Crippen LogP contribution in [0.4, 0.5) is 11.4 Å². The topological polar surface area (TPSA) is 101 Å². The Bertz CT molecular complexity index is 918. The smallest absolute Gasteiger partial charge is 0.255 e. The van der Waals surface area contributed by atoms with Gasteiger partial charge in [0.2, 0.25) is 10.0 Å². The van der Waals surface area contributed by atoms with Crippen molar-refractivity contribution in [2.45, 2.75) is 50.0 Å². The van der Waals surface area contributed by atoms with E-state index in [4.69, 9.17) is 5.14 Å². The first kappa shape index (κ1) is 19.4. The van der Waals surface area contributed by atoms with Crippen LogP contribution in [-0.2, 0) is 10.0 Å². The van der Waals surface area contributed by atoms with Crippen LogP contribution in [0.2, 0.25) is 0 Å². The number of primary sulfonamides is 1. The number of sulfonamides is 1. The van der Waals surface area contributed by atoms with Gasteiger partial charge in [-0.3, -0.25) is 4.79 Å². The highest BCUT2D eigenvalue weighted by Crippen LogP contribution is 2.23. The number of nitrogens with two attached hydrogens (primary N) is 1. The van der Waals surface area contributed by atoms with E-state index in [2.05, 4.69) is 10.6 Å². The maximum Gasteiger partial charge on any atom is 0.255 e. The minimum Gasteiger partial charge on any atom is -0.382 e. The van der Waals surface area contributed by atoms with Crippen molar-refractivity contribution in [2.75, 3.05) is 10.6 Å². The molecule has 7 heteroatoms. The summed E-state index contributed by atoms with van der Waals surface area (Å²) in [5.74, 6) is -0.369. The molecule has 0 saturated heterocycles. The number of aryl methyl sites for hydroxylation is 1. The number of carbonyl (C=O) groups is 1. The van der Waals surface area contributed by atoms with Crippen LogP contribution in [0.5, 0.6) is 0 Å². The largest absolute Gasteiger partial charge is 0.382 e. The van der Waals surface area contributed by atoms with Crippen molar-refractivity contribution in [3.8, 4) is 0 Å². The molecule has 6 nitrogen and oxygen atoms in total. The van der Waals surface area contributed by atoms with Gasteiger partial charge in [0.05, 0.1) is 4.90 Å². The molecule has 1 saturated carbocycles. The Morgan fingerprint density at radius 1 is 1.00 bits per heavy atom. The highest BCUT2D eigenvalue weighted by molar-refractivity contribution is 7.89. The molecule has 0 spiro atoms. The summed E-state index contributed by atoms with van der Waals surface area (Å²) in [6.45, 7) is 1.75. The van der Waals surface area contributed by atoms with Gasteiger partial charge in [-0.05, 0) is 61.7 Å². The van der Waals surface area contributed by atoms with Crippen LogP contribution in [0.1, 0.15) is 48.0 Å². The minimum atomic E-state index is -3.86. The normalized spacial score (nSPS) is 15.3. The second-order valence-corrected chi connectivity index (χ2v) is 8.59. The third-order valence-electron chi connectivity index (χ3n) is 4.90. The first-order chi connectivity index (χ1) is 12.8. The molecular weight excluding hydrogens is 362 g/mol. The van der Waals surface area contributed by atoms with Crippen molar-refractivity contribution >= 4 is 27.3 Å². The summed E-state index contributed by atoms with van der Waals surface area (Å²) in [6.07, 6.45) is 6.23. The number of nitrogens with one attached hydrogen (secondary N) is 2. The van der Waals surface area contributed by atoms with Gasteiger partial charge < -0.3 is 10.6 Å². The molecule has 27 heavy (non-hydrogen) atoms. The highest BCUT2D eigenvalue weighted by Gasteiger charge is 2.16. The molecule has 144 valence electrons. The third kappa shape index (κ3) is 5.08. The molecule has 0 unspecified atom stereocenters. The average molecular weight is 388 g/mol. The molecule has 1 fully saturated rings. The summed E-state index contributed by atoms with van der Waals surface area (Å²) in [4.78, 5) is 12.5. The summed E-state index contributed by atoms with van der Waals surface area (Å²) in [5.41, 5.74) is 2.64. The van der Waals surface area contributed by atoms with E-state index in [1.165, 1.54) is 44.2 Å². The summed E-state index contributed by atoms with van der Waals surface area (Å²) in [6, 6.07) is 12.3. The van der Waals surface area contributed by atoms with Crippen molar-refractivity contribution in [2.24, 2.45) is 5.14 Å². The Labute approximate surface area is 160 Å². The zero-order valence-electron chi connectivity index (χ0n) is 15.4.